The maximum Gasteiger partial charge on any atom is 0.364 e. The molecule has 18 N–H and O–H groups in total. The summed E-state index contributed by atoms with van der Waals surface area (Å²) in [6.07, 6.45) is -40.0. The minimum atomic E-state index is -3.29. The van der Waals surface area contributed by atoms with Gasteiger partial charge in [-0.25, -0.2) is 9.59 Å². The lowest BCUT2D eigenvalue weighted by Gasteiger charge is -2.50. The lowest BCUT2D eigenvalue weighted by Crippen LogP contribution is -2.71. The van der Waals surface area contributed by atoms with E-state index in [2.05, 4.69) is 10.6 Å². The van der Waals surface area contributed by atoms with Gasteiger partial charge in [0, 0.05) is 26.7 Å². The second-order valence-electron chi connectivity index (χ2n) is 15.5. The van der Waals surface area contributed by atoms with Gasteiger partial charge in [-0.15, -0.1) is 0 Å². The molecule has 364 valence electrons. The molecule has 0 saturated carbocycles. The number of carbonyl (C=O) groups is 4. The Labute approximate surface area is 355 Å². The first kappa shape index (κ1) is 52.7. The second kappa shape index (κ2) is 21.6. The van der Waals surface area contributed by atoms with E-state index in [0.29, 0.717) is 0 Å². The first-order valence-electron chi connectivity index (χ1n) is 19.3. The summed E-state index contributed by atoms with van der Waals surface area (Å²) < 4.78 is 38.0. The Kier molecular flexibility index (Phi) is 18.0. The summed E-state index contributed by atoms with van der Waals surface area (Å²) in [6, 6.07) is -3.45. The maximum atomic E-state index is 13.0. The molecular weight excluding hydrogens is 868 g/mol. The van der Waals surface area contributed by atoms with Crippen molar-refractivity contribution in [1.29, 1.82) is 0 Å². The summed E-state index contributed by atoms with van der Waals surface area (Å²) >= 11 is 0. The van der Waals surface area contributed by atoms with Gasteiger partial charge in [0.1, 0.15) is 85.5 Å². The Morgan fingerprint density at radius 1 is 0.651 bits per heavy atom. The van der Waals surface area contributed by atoms with Gasteiger partial charge in [-0.3, -0.25) is 9.59 Å². The van der Waals surface area contributed by atoms with Crippen LogP contribution in [0, 0.1) is 0 Å². The molecule has 0 spiro atoms. The third-order valence-electron chi connectivity index (χ3n) is 11.0. The fourth-order valence-electron chi connectivity index (χ4n) is 7.65. The highest BCUT2D eigenvalue weighted by atomic mass is 16.8. The summed E-state index contributed by atoms with van der Waals surface area (Å²) in [5, 5.41) is 173. The second-order valence-corrected chi connectivity index (χ2v) is 15.5. The lowest BCUT2D eigenvalue weighted by molar-refractivity contribution is -0.385. The van der Waals surface area contributed by atoms with Crippen LogP contribution in [0.3, 0.4) is 0 Å². The number of carboxylic acids is 2. The standard InChI is InChI=1S/C34H56N2O27/c1-9(40)35-17-11(42)3-33(31(53)54,61-26(17)19(46)13(44)5-37)57-8-14(45)20(47)27-18(36-10(2)41)12(43)4-34(62-27,32(55)56)63-28-21(48)15(6-38)59-30(24(28)51)60-25-16(7-39)58-29(52)23(50)22(25)49/h11-30,37-39,42-52H,3-8H2,1-2H3,(H,35,40)(H,36,41)(H,53,54)(H,55,56)/t11-,12-,13+,14+,15+,16+,17+,18+,19+,20+,21-,22+,23+,24+,25+,26+,27+,28-,29+,30-,33+,34-/m0/s1. The van der Waals surface area contributed by atoms with E-state index in [1.54, 1.807) is 0 Å². The predicted octanol–water partition coefficient (Wildman–Crippen LogP) is -11.0. The molecule has 0 aromatic rings. The first-order valence-corrected chi connectivity index (χ1v) is 19.3. The SMILES string of the molecule is CC(=O)N[C@H]1[C@H]([C@H](O)[C@H](O)CO)O[C@@](OC[C@@H](O)[C@@H](O)[C@@H]2O[C@@](O[C@H]3[C@@H](O)[C@@H](CO)O[C@@H](O[C@H]4[C@H](O)[C@@H](O)[C@H](O)O[C@@H]4CO)[C@@H]3O)(C(=O)O)C[C@H](O)[C@H]2NC(C)=O)(C(=O)O)C[C@@H]1O. The molecule has 4 heterocycles. The molecule has 0 unspecified atom stereocenters. The van der Waals surface area contributed by atoms with Crippen LogP contribution in [0.25, 0.3) is 0 Å². The van der Waals surface area contributed by atoms with E-state index in [0.717, 1.165) is 13.8 Å². The topological polar surface area (TPSA) is 481 Å². The number of ether oxygens (including phenoxy) is 7. The molecule has 29 heteroatoms. The van der Waals surface area contributed by atoms with Gasteiger partial charge < -0.3 is 125 Å². The van der Waals surface area contributed by atoms with Crippen molar-refractivity contribution in [2.45, 2.75) is 161 Å². The van der Waals surface area contributed by atoms with Gasteiger partial charge in [-0.05, 0) is 0 Å². The third kappa shape index (κ3) is 11.4. The normalized spacial score (nSPS) is 42.9. The highest BCUT2D eigenvalue weighted by Gasteiger charge is 2.61. The highest BCUT2D eigenvalue weighted by molar-refractivity contribution is 5.77. The van der Waals surface area contributed by atoms with E-state index < -0.39 is 197 Å². The molecule has 4 fully saturated rings. The van der Waals surface area contributed by atoms with Crippen molar-refractivity contribution < 1.29 is 134 Å². The molecule has 4 aliphatic heterocycles. The fraction of sp³-hybridized carbons (Fsp3) is 0.882. The number of aliphatic hydroxyl groups excluding tert-OH is 14. The van der Waals surface area contributed by atoms with Crippen molar-refractivity contribution in [2.75, 3.05) is 26.4 Å². The number of amides is 2. The predicted molar refractivity (Wildman–Crippen MR) is 191 cm³/mol. The number of nitrogens with one attached hydrogen (secondary N) is 2. The maximum absolute atomic E-state index is 13.0. The van der Waals surface area contributed by atoms with Crippen LogP contribution in [-0.4, -0.2) is 266 Å². The smallest absolute Gasteiger partial charge is 0.364 e. The van der Waals surface area contributed by atoms with Crippen molar-refractivity contribution in [1.82, 2.24) is 10.6 Å². The van der Waals surface area contributed by atoms with Crippen LogP contribution in [0.2, 0.25) is 0 Å². The summed E-state index contributed by atoms with van der Waals surface area (Å²) in [5.41, 5.74) is 0. The molecule has 29 nitrogen and oxygen atoms in total. The number of aliphatic carboxylic acids is 2. The Morgan fingerprint density at radius 3 is 1.62 bits per heavy atom. The van der Waals surface area contributed by atoms with Crippen molar-refractivity contribution in [3.8, 4) is 0 Å². The van der Waals surface area contributed by atoms with E-state index >= 15 is 0 Å². The van der Waals surface area contributed by atoms with Crippen LogP contribution in [0.1, 0.15) is 26.7 Å². The highest BCUT2D eigenvalue weighted by Crippen LogP contribution is 2.39. The van der Waals surface area contributed by atoms with Gasteiger partial charge in [0.15, 0.2) is 12.6 Å². The number of rotatable bonds is 18. The van der Waals surface area contributed by atoms with Gasteiger partial charge in [0.25, 0.3) is 11.6 Å². The summed E-state index contributed by atoms with van der Waals surface area (Å²) in [6.45, 7) is -2.56. The van der Waals surface area contributed by atoms with Crippen LogP contribution in [-0.2, 0) is 52.3 Å². The lowest BCUT2D eigenvalue weighted by atomic mass is 9.87. The zero-order valence-corrected chi connectivity index (χ0v) is 33.4. The van der Waals surface area contributed by atoms with Crippen LogP contribution in [0.15, 0.2) is 0 Å². The molecule has 0 aliphatic carbocycles. The van der Waals surface area contributed by atoms with Crippen molar-refractivity contribution in [3.63, 3.8) is 0 Å². The van der Waals surface area contributed by atoms with Gasteiger partial charge in [0.05, 0.1) is 50.7 Å². The van der Waals surface area contributed by atoms with Gasteiger partial charge in [-0.1, -0.05) is 0 Å². The Hall–Kier alpha value is -2.96. The summed E-state index contributed by atoms with van der Waals surface area (Å²) in [4.78, 5) is 49.7. The monoisotopic (exact) mass is 924 g/mol. The molecular formula is C34H56N2O27. The van der Waals surface area contributed by atoms with Gasteiger partial charge in [0.2, 0.25) is 11.8 Å². The molecule has 0 radical (unpaired) electrons. The Bertz CT molecular complexity index is 1560. The molecule has 0 aromatic heterocycles. The molecule has 4 rings (SSSR count). The molecule has 0 aromatic carbocycles. The fourth-order valence-corrected chi connectivity index (χ4v) is 7.65. The zero-order chi connectivity index (χ0) is 47.5. The van der Waals surface area contributed by atoms with Gasteiger partial charge >= 0.3 is 11.9 Å². The van der Waals surface area contributed by atoms with E-state index in [-0.39, 0.29) is 0 Å². The molecule has 0 bridgehead atoms. The molecule has 2 amide bonds. The average Bonchev–Trinajstić information content (AvgIpc) is 3.22. The van der Waals surface area contributed by atoms with Crippen molar-refractivity contribution in [3.05, 3.63) is 0 Å². The zero-order valence-electron chi connectivity index (χ0n) is 33.4. The van der Waals surface area contributed by atoms with Crippen LogP contribution in [0.5, 0.6) is 0 Å². The largest absolute Gasteiger partial charge is 0.477 e. The minimum absolute atomic E-state index is 0.805. The average molecular weight is 925 g/mol. The number of hydrogen-bond acceptors (Lipinski definition) is 25. The van der Waals surface area contributed by atoms with Crippen LogP contribution < -0.4 is 10.6 Å². The number of aliphatic hydroxyl groups is 14. The number of hydrogen-bond donors (Lipinski definition) is 18. The summed E-state index contributed by atoms with van der Waals surface area (Å²) in [5.74, 6) is -12.2. The van der Waals surface area contributed by atoms with E-state index in [1.807, 2.05) is 0 Å². The van der Waals surface area contributed by atoms with E-state index in [1.165, 1.54) is 0 Å². The quantitative estimate of drug-likeness (QED) is 0.0607. The van der Waals surface area contributed by atoms with Gasteiger partial charge in [-0.2, -0.15) is 0 Å². The van der Waals surface area contributed by atoms with Crippen LogP contribution >= 0.6 is 0 Å². The number of carbonyl (C=O) groups excluding carboxylic acids is 2. The molecule has 22 atom stereocenters. The molecule has 4 saturated heterocycles. The van der Waals surface area contributed by atoms with Crippen molar-refractivity contribution in [2.24, 2.45) is 0 Å². The Balaban J connectivity index is 1.64. The van der Waals surface area contributed by atoms with Crippen LogP contribution in [0.4, 0.5) is 0 Å². The molecule has 63 heavy (non-hydrogen) atoms. The molecule has 4 aliphatic rings. The third-order valence-corrected chi connectivity index (χ3v) is 11.0. The number of carboxylic acid groups (broad SMARTS) is 2. The van der Waals surface area contributed by atoms with E-state index in [4.69, 9.17) is 33.2 Å². The minimum Gasteiger partial charge on any atom is -0.477 e. The summed E-state index contributed by atoms with van der Waals surface area (Å²) in [7, 11) is 0. The first-order chi connectivity index (χ1) is 29.4. The van der Waals surface area contributed by atoms with E-state index in [9.17, 15) is 101 Å². The van der Waals surface area contributed by atoms with Crippen molar-refractivity contribution >= 4 is 23.8 Å². The Morgan fingerprint density at radius 2 is 1.14 bits per heavy atom.